The topological polar surface area (TPSA) is 58.5 Å². The van der Waals surface area contributed by atoms with Gasteiger partial charge in [0.25, 0.3) is 11.8 Å². The van der Waals surface area contributed by atoms with Gasteiger partial charge >= 0.3 is 0 Å². The van der Waals surface area contributed by atoms with Gasteiger partial charge < -0.3 is 5.32 Å². The van der Waals surface area contributed by atoms with Crippen LogP contribution in [0.3, 0.4) is 0 Å². The third kappa shape index (κ3) is 2.10. The largest absolute Gasteiger partial charge is 0.304 e. The van der Waals surface area contributed by atoms with E-state index in [4.69, 9.17) is 0 Å². The Labute approximate surface area is 80.2 Å². The highest BCUT2D eigenvalue weighted by Gasteiger charge is 2.29. The molecule has 0 spiro atoms. The van der Waals surface area contributed by atoms with Crippen LogP contribution in [-0.2, 0) is 9.59 Å². The molecule has 0 aromatic rings. The fourth-order valence-corrected chi connectivity index (χ4v) is 1.23. The molecule has 1 heterocycles. The fourth-order valence-electron chi connectivity index (χ4n) is 0.851. The third-order valence-electron chi connectivity index (χ3n) is 1.43. The lowest BCUT2D eigenvalue weighted by atomic mass is 10.1. The number of hydrogen-bond acceptors (Lipinski definition) is 3. The van der Waals surface area contributed by atoms with Crippen molar-refractivity contribution in [3.63, 3.8) is 0 Å². The molecule has 5 heteroatoms. The Hall–Kier alpha value is -1.28. The minimum absolute atomic E-state index is 0.337. The number of nitrogens with zero attached hydrogens (tertiary/aromatic N) is 1. The molecule has 0 aromatic carbocycles. The summed E-state index contributed by atoms with van der Waals surface area (Å²) in [5.41, 5.74) is 0. The summed E-state index contributed by atoms with van der Waals surface area (Å²) < 4.78 is 0. The first-order valence-corrected chi connectivity index (χ1v) is 4.81. The summed E-state index contributed by atoms with van der Waals surface area (Å²) in [6.45, 7) is 1.58. The van der Waals surface area contributed by atoms with Gasteiger partial charge in [-0.05, 0) is 13.2 Å². The lowest BCUT2D eigenvalue weighted by Gasteiger charge is -2.14. The predicted octanol–water partition coefficient (Wildman–Crippen LogP) is 0.00130. The summed E-state index contributed by atoms with van der Waals surface area (Å²) in [4.78, 5) is 26.1. The van der Waals surface area contributed by atoms with Crippen molar-refractivity contribution in [3.05, 3.63) is 0 Å². The van der Waals surface area contributed by atoms with Crippen molar-refractivity contribution in [2.24, 2.45) is 10.9 Å². The molecule has 68 valence electrons. The molecule has 0 radical (unpaired) electrons. The molecule has 1 aliphatic heterocycles. The highest BCUT2D eigenvalue weighted by Crippen LogP contribution is 2.08. The smallest absolute Gasteiger partial charge is 0.272 e. The van der Waals surface area contributed by atoms with Crippen LogP contribution in [-0.4, -0.2) is 23.2 Å². The van der Waals surface area contributed by atoms with E-state index in [0.29, 0.717) is 5.17 Å². The minimum Gasteiger partial charge on any atom is -0.304 e. The van der Waals surface area contributed by atoms with E-state index in [2.05, 4.69) is 22.2 Å². The molecule has 13 heavy (non-hydrogen) atoms. The van der Waals surface area contributed by atoms with Gasteiger partial charge in [0.15, 0.2) is 11.1 Å². The Bertz CT molecular complexity index is 338. The van der Waals surface area contributed by atoms with Crippen molar-refractivity contribution in [1.82, 2.24) is 5.32 Å². The molecule has 0 fully saturated rings. The van der Waals surface area contributed by atoms with Gasteiger partial charge in [0.05, 0.1) is 0 Å². The number of amidine groups is 1. The van der Waals surface area contributed by atoms with E-state index in [9.17, 15) is 9.59 Å². The molecule has 1 rings (SSSR count). The van der Waals surface area contributed by atoms with Gasteiger partial charge in [-0.1, -0.05) is 17.7 Å². The van der Waals surface area contributed by atoms with Gasteiger partial charge in [0.2, 0.25) is 0 Å². The van der Waals surface area contributed by atoms with Crippen molar-refractivity contribution in [2.45, 2.75) is 6.92 Å². The second kappa shape index (κ2) is 4.10. The van der Waals surface area contributed by atoms with Crippen LogP contribution < -0.4 is 5.32 Å². The molecule has 2 amide bonds. The molecule has 4 nitrogen and oxygen atoms in total. The van der Waals surface area contributed by atoms with Gasteiger partial charge in [-0.25, -0.2) is 0 Å². The van der Waals surface area contributed by atoms with Crippen LogP contribution in [0.25, 0.3) is 0 Å². The molecule has 0 saturated heterocycles. The lowest BCUT2D eigenvalue weighted by Crippen LogP contribution is -2.41. The average molecular weight is 196 g/mol. The van der Waals surface area contributed by atoms with Crippen LogP contribution in [0.2, 0.25) is 0 Å². The van der Waals surface area contributed by atoms with Crippen LogP contribution in [0, 0.1) is 17.8 Å². The zero-order valence-electron chi connectivity index (χ0n) is 7.25. The van der Waals surface area contributed by atoms with Crippen LogP contribution in [0.4, 0.5) is 0 Å². The van der Waals surface area contributed by atoms with Crippen LogP contribution in [0.15, 0.2) is 4.99 Å². The van der Waals surface area contributed by atoms with Crippen LogP contribution in [0.5, 0.6) is 0 Å². The summed E-state index contributed by atoms with van der Waals surface area (Å²) in [7, 11) is 0. The van der Waals surface area contributed by atoms with Gasteiger partial charge in [0, 0.05) is 0 Å². The first-order valence-electron chi connectivity index (χ1n) is 3.58. The number of aliphatic imine (C=N–C) groups is 1. The Morgan fingerprint density at radius 3 is 2.69 bits per heavy atom. The second-order valence-electron chi connectivity index (χ2n) is 2.28. The van der Waals surface area contributed by atoms with Crippen molar-refractivity contribution in [2.75, 3.05) is 6.26 Å². The van der Waals surface area contributed by atoms with Gasteiger partial charge in [-0.2, -0.15) is 4.99 Å². The average Bonchev–Trinajstić information content (AvgIpc) is 2.11. The molecule has 1 N–H and O–H groups in total. The van der Waals surface area contributed by atoms with Crippen molar-refractivity contribution >= 4 is 28.7 Å². The van der Waals surface area contributed by atoms with Crippen molar-refractivity contribution in [3.8, 4) is 11.8 Å². The number of hydrogen-bond donors (Lipinski definition) is 1. The molecule has 1 aliphatic rings. The van der Waals surface area contributed by atoms with Gasteiger partial charge in [0.1, 0.15) is 0 Å². The summed E-state index contributed by atoms with van der Waals surface area (Å²) in [6, 6.07) is 0. The minimum atomic E-state index is -0.930. The Morgan fingerprint density at radius 2 is 2.23 bits per heavy atom. The Kier molecular flexibility index (Phi) is 3.09. The number of amides is 2. The fraction of sp³-hybridized carbons (Fsp3) is 0.375. The molecular weight excluding hydrogens is 188 g/mol. The van der Waals surface area contributed by atoms with E-state index in [0.717, 1.165) is 0 Å². The number of carbonyl (C=O) groups is 2. The maximum Gasteiger partial charge on any atom is 0.272 e. The molecule has 0 aliphatic carbocycles. The molecule has 0 saturated carbocycles. The third-order valence-corrected chi connectivity index (χ3v) is 2.01. The van der Waals surface area contributed by atoms with E-state index in [-0.39, 0.29) is 0 Å². The predicted molar refractivity (Wildman–Crippen MR) is 51.0 cm³/mol. The molecule has 0 bridgehead atoms. The monoisotopic (exact) mass is 196 g/mol. The number of nitrogens with one attached hydrogen (secondary N) is 1. The SMILES string of the molecule is CC#CC1C(=O)N=C(SC)NC1=O. The lowest BCUT2D eigenvalue weighted by molar-refractivity contribution is -0.130. The van der Waals surface area contributed by atoms with E-state index < -0.39 is 17.7 Å². The summed E-state index contributed by atoms with van der Waals surface area (Å²) in [5.74, 6) is 3.22. The maximum atomic E-state index is 11.2. The van der Waals surface area contributed by atoms with Gasteiger partial charge in [-0.3, -0.25) is 9.59 Å². The van der Waals surface area contributed by atoms with Crippen LogP contribution in [0.1, 0.15) is 6.92 Å². The standard InChI is InChI=1S/C8H8N2O2S/c1-3-4-5-6(11)9-8(13-2)10-7(5)12/h5H,1-2H3,(H,9,10,11,12). The summed E-state index contributed by atoms with van der Waals surface area (Å²) >= 11 is 1.22. The summed E-state index contributed by atoms with van der Waals surface area (Å²) in [5, 5.41) is 2.82. The molecule has 0 aromatic heterocycles. The number of thioether (sulfide) groups is 1. The molecular formula is C8H8N2O2S. The normalized spacial score (nSPS) is 21.4. The van der Waals surface area contributed by atoms with E-state index >= 15 is 0 Å². The van der Waals surface area contributed by atoms with Crippen LogP contribution >= 0.6 is 11.8 Å². The number of carbonyl (C=O) groups excluding carboxylic acids is 2. The first-order chi connectivity index (χ1) is 6.19. The molecule has 1 unspecified atom stereocenters. The zero-order valence-corrected chi connectivity index (χ0v) is 8.07. The highest BCUT2D eigenvalue weighted by atomic mass is 32.2. The van der Waals surface area contributed by atoms with Crippen molar-refractivity contribution < 1.29 is 9.59 Å². The zero-order chi connectivity index (χ0) is 9.84. The Morgan fingerprint density at radius 1 is 1.54 bits per heavy atom. The first kappa shape index (κ1) is 9.81. The highest BCUT2D eigenvalue weighted by molar-refractivity contribution is 8.13. The maximum absolute atomic E-state index is 11.2. The van der Waals surface area contributed by atoms with E-state index in [1.807, 2.05) is 0 Å². The Balaban J connectivity index is 2.92. The van der Waals surface area contributed by atoms with E-state index in [1.165, 1.54) is 11.8 Å². The second-order valence-corrected chi connectivity index (χ2v) is 3.07. The number of rotatable bonds is 0. The van der Waals surface area contributed by atoms with E-state index in [1.54, 1.807) is 13.2 Å². The van der Waals surface area contributed by atoms with Gasteiger partial charge in [-0.15, -0.1) is 5.92 Å². The van der Waals surface area contributed by atoms with Crippen molar-refractivity contribution in [1.29, 1.82) is 0 Å². The quantitative estimate of drug-likeness (QED) is 0.438. The molecule has 1 atom stereocenters. The summed E-state index contributed by atoms with van der Waals surface area (Å²) in [6.07, 6.45) is 1.73.